The highest BCUT2D eigenvalue weighted by atomic mass is 35.5. The minimum absolute atomic E-state index is 0.0368. The molecule has 2 heterocycles. The van der Waals surface area contributed by atoms with Crippen molar-refractivity contribution >= 4 is 29.2 Å². The van der Waals surface area contributed by atoms with Gasteiger partial charge < -0.3 is 9.26 Å². The van der Waals surface area contributed by atoms with E-state index in [2.05, 4.69) is 10.1 Å². The van der Waals surface area contributed by atoms with Gasteiger partial charge in [-0.2, -0.15) is 0 Å². The molecule has 0 saturated heterocycles. The Kier molecular flexibility index (Phi) is 4.83. The number of hydrogen-bond acceptors (Lipinski definition) is 5. The number of pyridine rings is 1. The smallest absolute Gasteiger partial charge is 0.340 e. The number of aromatic nitrogens is 2. The molecule has 0 atom stereocenters. The van der Waals surface area contributed by atoms with Crippen molar-refractivity contribution < 1.29 is 14.1 Å². The van der Waals surface area contributed by atoms with Crippen molar-refractivity contribution in [1.82, 2.24) is 10.1 Å². The van der Waals surface area contributed by atoms with Gasteiger partial charge in [-0.05, 0) is 37.3 Å². The average molecular weight is 363 g/mol. The maximum absolute atomic E-state index is 11.9. The van der Waals surface area contributed by atoms with Crippen molar-refractivity contribution in [1.29, 1.82) is 0 Å². The summed E-state index contributed by atoms with van der Waals surface area (Å²) in [5.74, 6) is -0.0746. The van der Waals surface area contributed by atoms with Gasteiger partial charge in [-0.1, -0.05) is 28.4 Å². The molecule has 0 bridgehead atoms. The van der Waals surface area contributed by atoms with Gasteiger partial charge in [0.1, 0.15) is 5.69 Å². The quantitative estimate of drug-likeness (QED) is 0.628. The molecular formula is C17H12Cl2N2O3. The van der Waals surface area contributed by atoms with E-state index in [-0.39, 0.29) is 6.61 Å². The first-order valence-corrected chi connectivity index (χ1v) is 7.79. The average Bonchev–Trinajstić information content (AvgIpc) is 3.02. The van der Waals surface area contributed by atoms with Crippen molar-refractivity contribution in [2.75, 3.05) is 0 Å². The monoisotopic (exact) mass is 362 g/mol. The molecule has 0 amide bonds. The van der Waals surface area contributed by atoms with E-state index in [1.165, 1.54) is 6.20 Å². The number of carbonyl (C=O) groups excluding carboxylic acids is 1. The number of halogens is 2. The summed E-state index contributed by atoms with van der Waals surface area (Å²) in [7, 11) is 0. The zero-order valence-corrected chi connectivity index (χ0v) is 14.1. The van der Waals surface area contributed by atoms with Gasteiger partial charge in [-0.15, -0.1) is 0 Å². The van der Waals surface area contributed by atoms with Crippen LogP contribution in [0, 0.1) is 6.92 Å². The Labute approximate surface area is 148 Å². The van der Waals surface area contributed by atoms with Gasteiger partial charge in [-0.3, -0.25) is 4.98 Å². The normalized spacial score (nSPS) is 10.6. The number of nitrogens with zero attached hydrogens (tertiary/aromatic N) is 2. The minimum atomic E-state index is -0.482. The third kappa shape index (κ3) is 3.75. The SMILES string of the molecule is Cc1ccc(C(=O)OCc2cc(-c3ccc(Cl)cc3Cl)no2)cn1. The first kappa shape index (κ1) is 16.5. The van der Waals surface area contributed by atoms with Crippen LogP contribution in [0.5, 0.6) is 0 Å². The number of aryl methyl sites for hydroxylation is 1. The molecular weight excluding hydrogens is 351 g/mol. The summed E-state index contributed by atoms with van der Waals surface area (Å²) in [4.78, 5) is 16.0. The van der Waals surface area contributed by atoms with Crippen LogP contribution >= 0.6 is 23.2 Å². The zero-order chi connectivity index (χ0) is 17.1. The van der Waals surface area contributed by atoms with Crippen molar-refractivity contribution in [3.63, 3.8) is 0 Å². The Morgan fingerprint density at radius 1 is 1.21 bits per heavy atom. The highest BCUT2D eigenvalue weighted by molar-refractivity contribution is 6.36. The summed E-state index contributed by atoms with van der Waals surface area (Å²) in [6, 6.07) is 10.1. The lowest BCUT2D eigenvalue weighted by atomic mass is 10.1. The Balaban J connectivity index is 1.68. The molecule has 3 rings (SSSR count). The standard InChI is InChI=1S/C17H12Cl2N2O3/c1-10-2-3-11(8-20-10)17(22)23-9-13-7-16(21-24-13)14-5-4-12(18)6-15(14)19/h2-8H,9H2,1H3. The van der Waals surface area contributed by atoms with E-state index >= 15 is 0 Å². The topological polar surface area (TPSA) is 65.2 Å². The summed E-state index contributed by atoms with van der Waals surface area (Å²) < 4.78 is 10.4. The van der Waals surface area contributed by atoms with E-state index in [1.54, 1.807) is 36.4 Å². The molecule has 0 aliphatic heterocycles. The van der Waals surface area contributed by atoms with Crippen molar-refractivity contribution in [3.05, 3.63) is 69.7 Å². The summed E-state index contributed by atoms with van der Waals surface area (Å²) in [5.41, 5.74) is 2.43. The van der Waals surface area contributed by atoms with Crippen LogP contribution in [0.2, 0.25) is 10.0 Å². The van der Waals surface area contributed by atoms with Crippen LogP contribution < -0.4 is 0 Å². The van der Waals surface area contributed by atoms with E-state index in [0.717, 1.165) is 5.69 Å². The predicted molar refractivity (Wildman–Crippen MR) is 90.1 cm³/mol. The Morgan fingerprint density at radius 2 is 2.04 bits per heavy atom. The van der Waals surface area contributed by atoms with Gasteiger partial charge >= 0.3 is 5.97 Å². The molecule has 7 heteroatoms. The number of benzene rings is 1. The lowest BCUT2D eigenvalue weighted by Gasteiger charge is -2.02. The molecule has 0 fully saturated rings. The highest BCUT2D eigenvalue weighted by Gasteiger charge is 2.13. The van der Waals surface area contributed by atoms with Crippen molar-refractivity contribution in [2.24, 2.45) is 0 Å². The van der Waals surface area contributed by atoms with Crippen molar-refractivity contribution in [3.8, 4) is 11.3 Å². The molecule has 1 aromatic carbocycles. The van der Waals surface area contributed by atoms with Gasteiger partial charge in [0.15, 0.2) is 12.4 Å². The number of carbonyl (C=O) groups is 1. The maximum atomic E-state index is 11.9. The van der Waals surface area contributed by atoms with E-state index < -0.39 is 5.97 Å². The Morgan fingerprint density at radius 3 is 2.75 bits per heavy atom. The second-order valence-corrected chi connectivity index (χ2v) is 5.91. The molecule has 3 aromatic rings. The third-order valence-electron chi connectivity index (χ3n) is 3.26. The molecule has 0 N–H and O–H groups in total. The van der Waals surface area contributed by atoms with Crippen LogP contribution in [0.1, 0.15) is 21.8 Å². The predicted octanol–water partition coefficient (Wildman–Crippen LogP) is 4.71. The molecule has 0 radical (unpaired) electrons. The van der Waals surface area contributed by atoms with Gasteiger partial charge in [0, 0.05) is 28.5 Å². The number of hydrogen-bond donors (Lipinski definition) is 0. The minimum Gasteiger partial charge on any atom is -0.454 e. The number of esters is 1. The highest BCUT2D eigenvalue weighted by Crippen LogP contribution is 2.30. The first-order chi connectivity index (χ1) is 11.5. The fourth-order valence-corrected chi connectivity index (χ4v) is 2.52. The maximum Gasteiger partial charge on any atom is 0.340 e. The zero-order valence-electron chi connectivity index (χ0n) is 12.6. The molecule has 2 aromatic heterocycles. The third-order valence-corrected chi connectivity index (χ3v) is 3.81. The lowest BCUT2D eigenvalue weighted by Crippen LogP contribution is -2.05. The van der Waals surface area contributed by atoms with Crippen LogP contribution in [-0.2, 0) is 11.3 Å². The first-order valence-electron chi connectivity index (χ1n) is 7.04. The molecule has 0 spiro atoms. The summed E-state index contributed by atoms with van der Waals surface area (Å²) in [5, 5.41) is 4.93. The van der Waals surface area contributed by atoms with E-state index in [4.69, 9.17) is 32.5 Å². The fourth-order valence-electron chi connectivity index (χ4n) is 2.01. The van der Waals surface area contributed by atoms with Crippen LogP contribution in [0.4, 0.5) is 0 Å². The largest absolute Gasteiger partial charge is 0.454 e. The fraction of sp³-hybridized carbons (Fsp3) is 0.118. The molecule has 24 heavy (non-hydrogen) atoms. The molecule has 0 saturated carbocycles. The second-order valence-electron chi connectivity index (χ2n) is 5.07. The molecule has 0 aliphatic rings. The van der Waals surface area contributed by atoms with E-state index in [0.29, 0.717) is 32.6 Å². The van der Waals surface area contributed by atoms with Gasteiger partial charge in [-0.25, -0.2) is 4.79 Å². The Bertz CT molecular complexity index is 876. The summed E-state index contributed by atoms with van der Waals surface area (Å²) >= 11 is 12.0. The summed E-state index contributed by atoms with van der Waals surface area (Å²) in [6.07, 6.45) is 1.47. The van der Waals surface area contributed by atoms with Crippen molar-refractivity contribution in [2.45, 2.75) is 13.5 Å². The lowest BCUT2D eigenvalue weighted by molar-refractivity contribution is 0.0437. The van der Waals surface area contributed by atoms with Crippen LogP contribution in [-0.4, -0.2) is 16.1 Å². The number of rotatable bonds is 4. The second kappa shape index (κ2) is 7.03. The van der Waals surface area contributed by atoms with E-state index in [9.17, 15) is 4.79 Å². The molecule has 0 aliphatic carbocycles. The van der Waals surface area contributed by atoms with E-state index in [1.807, 2.05) is 6.92 Å². The Hall–Kier alpha value is -2.37. The van der Waals surface area contributed by atoms with Gasteiger partial charge in [0.05, 0.1) is 10.6 Å². The molecule has 122 valence electrons. The number of ether oxygens (including phenoxy) is 1. The molecule has 5 nitrogen and oxygen atoms in total. The van der Waals surface area contributed by atoms with Gasteiger partial charge in [0.2, 0.25) is 0 Å². The molecule has 0 unspecified atom stereocenters. The summed E-state index contributed by atoms with van der Waals surface area (Å²) in [6.45, 7) is 1.80. The van der Waals surface area contributed by atoms with Gasteiger partial charge in [0.25, 0.3) is 0 Å². The van der Waals surface area contributed by atoms with Crippen LogP contribution in [0.15, 0.2) is 47.1 Å². The van der Waals surface area contributed by atoms with Crippen LogP contribution in [0.3, 0.4) is 0 Å². The van der Waals surface area contributed by atoms with Crippen LogP contribution in [0.25, 0.3) is 11.3 Å².